The van der Waals surface area contributed by atoms with E-state index in [1.165, 1.54) is 44.9 Å². The van der Waals surface area contributed by atoms with Crippen LogP contribution in [0.15, 0.2) is 0 Å². The average Bonchev–Trinajstić information content (AvgIpc) is 2.53. The van der Waals surface area contributed by atoms with Crippen molar-refractivity contribution in [1.82, 2.24) is 0 Å². The Morgan fingerprint density at radius 2 is 1.59 bits per heavy atom. The largest absolute Gasteiger partial charge is 0.390 e. The van der Waals surface area contributed by atoms with Crippen molar-refractivity contribution in [2.45, 2.75) is 81.8 Å². The van der Waals surface area contributed by atoms with E-state index < -0.39 is 0 Å². The molecule has 2 aliphatic carbocycles. The fourth-order valence-corrected chi connectivity index (χ4v) is 4.16. The Bertz CT molecular complexity index is 262. The van der Waals surface area contributed by atoms with E-state index in [4.69, 9.17) is 4.74 Å². The van der Waals surface area contributed by atoms with Gasteiger partial charge in [0.1, 0.15) is 0 Å². The first-order valence-electron chi connectivity index (χ1n) is 7.59. The predicted octanol–water partition coefficient (Wildman–Crippen LogP) is 3.42. The van der Waals surface area contributed by atoms with Gasteiger partial charge in [-0.2, -0.15) is 0 Å². The van der Waals surface area contributed by atoms with Crippen molar-refractivity contribution in [3.8, 4) is 0 Å². The van der Waals surface area contributed by atoms with Crippen molar-refractivity contribution in [3.63, 3.8) is 0 Å². The SMILES string of the molecule is OC1(C2CCOC3(CCC3)C2)CCCCCC1. The van der Waals surface area contributed by atoms with Gasteiger partial charge in [0.05, 0.1) is 11.2 Å². The van der Waals surface area contributed by atoms with Crippen molar-refractivity contribution in [2.24, 2.45) is 5.92 Å². The molecule has 0 bridgehead atoms. The zero-order valence-electron chi connectivity index (χ0n) is 10.9. The monoisotopic (exact) mass is 238 g/mol. The van der Waals surface area contributed by atoms with Crippen molar-refractivity contribution in [2.75, 3.05) is 6.61 Å². The van der Waals surface area contributed by atoms with Gasteiger partial charge in [-0.05, 0) is 50.9 Å². The third kappa shape index (κ3) is 2.26. The molecule has 0 aromatic rings. The van der Waals surface area contributed by atoms with E-state index >= 15 is 0 Å². The van der Waals surface area contributed by atoms with Crippen LogP contribution < -0.4 is 0 Å². The van der Waals surface area contributed by atoms with Crippen LogP contribution >= 0.6 is 0 Å². The van der Waals surface area contributed by atoms with Crippen molar-refractivity contribution < 1.29 is 9.84 Å². The molecule has 1 N–H and O–H groups in total. The van der Waals surface area contributed by atoms with Crippen LogP contribution in [-0.2, 0) is 4.74 Å². The maximum absolute atomic E-state index is 11.0. The lowest BCUT2D eigenvalue weighted by Crippen LogP contribution is -2.51. The second-order valence-electron chi connectivity index (χ2n) is 6.59. The van der Waals surface area contributed by atoms with Gasteiger partial charge >= 0.3 is 0 Å². The molecule has 98 valence electrons. The lowest BCUT2D eigenvalue weighted by atomic mass is 9.66. The standard InChI is InChI=1S/C15H26O2/c16-15(9-3-1-2-4-10-15)13-6-11-17-14(12-13)7-5-8-14/h13,16H,1-12H2. The van der Waals surface area contributed by atoms with E-state index in [-0.39, 0.29) is 11.2 Å². The maximum Gasteiger partial charge on any atom is 0.0686 e. The molecule has 1 saturated heterocycles. The van der Waals surface area contributed by atoms with E-state index in [0.29, 0.717) is 5.92 Å². The van der Waals surface area contributed by atoms with Gasteiger partial charge in [-0.3, -0.25) is 0 Å². The summed E-state index contributed by atoms with van der Waals surface area (Å²) >= 11 is 0. The molecule has 2 saturated carbocycles. The maximum atomic E-state index is 11.0. The molecule has 1 atom stereocenters. The summed E-state index contributed by atoms with van der Waals surface area (Å²) in [6.07, 6.45) is 13.2. The molecule has 2 heteroatoms. The summed E-state index contributed by atoms with van der Waals surface area (Å²) in [5.74, 6) is 0.509. The summed E-state index contributed by atoms with van der Waals surface area (Å²) in [7, 11) is 0. The van der Waals surface area contributed by atoms with Crippen LogP contribution in [0.2, 0.25) is 0 Å². The summed E-state index contributed by atoms with van der Waals surface area (Å²) in [5.41, 5.74) is -0.173. The lowest BCUT2D eigenvalue weighted by Gasteiger charge is -2.51. The first-order valence-corrected chi connectivity index (χ1v) is 7.59. The molecule has 0 radical (unpaired) electrons. The summed E-state index contributed by atoms with van der Waals surface area (Å²) in [6, 6.07) is 0. The smallest absolute Gasteiger partial charge is 0.0686 e. The average molecular weight is 238 g/mol. The van der Waals surface area contributed by atoms with E-state index in [0.717, 1.165) is 32.3 Å². The number of hydrogen-bond donors (Lipinski definition) is 1. The van der Waals surface area contributed by atoms with Crippen LogP contribution in [0.25, 0.3) is 0 Å². The highest BCUT2D eigenvalue weighted by atomic mass is 16.5. The third-order valence-electron chi connectivity index (χ3n) is 5.49. The summed E-state index contributed by atoms with van der Waals surface area (Å²) in [4.78, 5) is 0. The molecular weight excluding hydrogens is 212 g/mol. The van der Waals surface area contributed by atoms with Crippen LogP contribution in [-0.4, -0.2) is 22.9 Å². The van der Waals surface area contributed by atoms with Crippen molar-refractivity contribution >= 4 is 0 Å². The molecular formula is C15H26O2. The highest BCUT2D eigenvalue weighted by molar-refractivity contribution is 4.99. The lowest BCUT2D eigenvalue weighted by molar-refractivity contribution is -0.177. The Morgan fingerprint density at radius 1 is 0.882 bits per heavy atom. The Balaban J connectivity index is 1.69. The highest BCUT2D eigenvalue weighted by Gasteiger charge is 2.48. The fourth-order valence-electron chi connectivity index (χ4n) is 4.16. The molecule has 1 aliphatic heterocycles. The highest BCUT2D eigenvalue weighted by Crippen LogP contribution is 2.49. The van der Waals surface area contributed by atoms with Gasteiger partial charge in [-0.15, -0.1) is 0 Å². The quantitative estimate of drug-likeness (QED) is 0.709. The predicted molar refractivity (Wildman–Crippen MR) is 67.9 cm³/mol. The van der Waals surface area contributed by atoms with Crippen LogP contribution in [0.5, 0.6) is 0 Å². The van der Waals surface area contributed by atoms with Crippen LogP contribution in [0, 0.1) is 5.92 Å². The molecule has 0 aromatic heterocycles. The van der Waals surface area contributed by atoms with Crippen molar-refractivity contribution in [1.29, 1.82) is 0 Å². The summed E-state index contributed by atoms with van der Waals surface area (Å²) < 4.78 is 5.99. The molecule has 1 spiro atoms. The Morgan fingerprint density at radius 3 is 2.18 bits per heavy atom. The number of ether oxygens (including phenoxy) is 1. The molecule has 3 rings (SSSR count). The first kappa shape index (κ1) is 12.0. The van der Waals surface area contributed by atoms with Crippen LogP contribution in [0.1, 0.15) is 70.6 Å². The van der Waals surface area contributed by atoms with Crippen LogP contribution in [0.4, 0.5) is 0 Å². The second-order valence-corrected chi connectivity index (χ2v) is 6.59. The fraction of sp³-hybridized carbons (Fsp3) is 1.00. The van der Waals surface area contributed by atoms with E-state index in [2.05, 4.69) is 0 Å². The molecule has 0 amide bonds. The second kappa shape index (κ2) is 4.55. The number of aliphatic hydroxyl groups is 1. The minimum Gasteiger partial charge on any atom is -0.390 e. The molecule has 1 heterocycles. The normalized spacial score (nSPS) is 36.2. The molecule has 0 aromatic carbocycles. The van der Waals surface area contributed by atoms with Gasteiger partial charge in [0, 0.05) is 6.61 Å². The van der Waals surface area contributed by atoms with Crippen LogP contribution in [0.3, 0.4) is 0 Å². The zero-order chi connectivity index (χ0) is 11.8. The minimum atomic E-state index is -0.358. The van der Waals surface area contributed by atoms with E-state index in [1.807, 2.05) is 0 Å². The van der Waals surface area contributed by atoms with E-state index in [1.54, 1.807) is 0 Å². The first-order chi connectivity index (χ1) is 8.23. The van der Waals surface area contributed by atoms with Gasteiger partial charge in [0.15, 0.2) is 0 Å². The third-order valence-corrected chi connectivity index (χ3v) is 5.49. The molecule has 17 heavy (non-hydrogen) atoms. The number of hydrogen-bond acceptors (Lipinski definition) is 2. The number of rotatable bonds is 1. The molecule has 1 unspecified atom stereocenters. The van der Waals surface area contributed by atoms with Gasteiger partial charge in [0.2, 0.25) is 0 Å². The summed E-state index contributed by atoms with van der Waals surface area (Å²) in [5, 5.41) is 11.0. The molecule has 3 aliphatic rings. The topological polar surface area (TPSA) is 29.5 Å². The van der Waals surface area contributed by atoms with Gasteiger partial charge in [-0.25, -0.2) is 0 Å². The molecule has 2 nitrogen and oxygen atoms in total. The van der Waals surface area contributed by atoms with Gasteiger partial charge in [0.25, 0.3) is 0 Å². The van der Waals surface area contributed by atoms with E-state index in [9.17, 15) is 5.11 Å². The van der Waals surface area contributed by atoms with Gasteiger partial charge < -0.3 is 9.84 Å². The van der Waals surface area contributed by atoms with Gasteiger partial charge in [-0.1, -0.05) is 25.7 Å². The van der Waals surface area contributed by atoms with Crippen molar-refractivity contribution in [3.05, 3.63) is 0 Å². The molecule has 3 fully saturated rings. The summed E-state index contributed by atoms with van der Waals surface area (Å²) in [6.45, 7) is 0.882. The zero-order valence-corrected chi connectivity index (χ0v) is 10.9. The minimum absolute atomic E-state index is 0.185. The Hall–Kier alpha value is -0.0800. The Kier molecular flexibility index (Phi) is 3.20. The Labute approximate surface area is 105 Å².